The second-order valence-corrected chi connectivity index (χ2v) is 12.3. The van der Waals surface area contributed by atoms with E-state index in [9.17, 15) is 10.5 Å². The van der Waals surface area contributed by atoms with Gasteiger partial charge in [-0.25, -0.2) is 4.85 Å². The van der Waals surface area contributed by atoms with Gasteiger partial charge < -0.3 is 9.13 Å². The monoisotopic (exact) mass is 635 g/mol. The van der Waals surface area contributed by atoms with Crippen LogP contribution in [0.15, 0.2) is 152 Å². The van der Waals surface area contributed by atoms with E-state index >= 15 is 0 Å². The van der Waals surface area contributed by atoms with E-state index in [0.717, 1.165) is 66.5 Å². The fourth-order valence-corrected chi connectivity index (χ4v) is 7.42. The lowest BCUT2D eigenvalue weighted by molar-refractivity contribution is 1.18. The van der Waals surface area contributed by atoms with Gasteiger partial charge in [0.1, 0.15) is 12.1 Å². The van der Waals surface area contributed by atoms with Crippen LogP contribution in [-0.4, -0.2) is 9.13 Å². The first kappa shape index (κ1) is 28.8. The third-order valence-electron chi connectivity index (χ3n) is 9.64. The molecule has 0 atom stereocenters. The van der Waals surface area contributed by atoms with Gasteiger partial charge in [-0.05, 0) is 82.7 Å². The molecule has 0 aliphatic heterocycles. The smallest absolute Gasteiger partial charge is 0.188 e. The minimum absolute atomic E-state index is 0.326. The van der Waals surface area contributed by atoms with E-state index in [1.807, 2.05) is 54.6 Å². The second-order valence-electron chi connectivity index (χ2n) is 12.3. The van der Waals surface area contributed by atoms with Gasteiger partial charge in [-0.15, -0.1) is 0 Å². The van der Waals surface area contributed by atoms with Crippen LogP contribution in [0.5, 0.6) is 0 Å². The molecule has 0 N–H and O–H groups in total. The average molecular weight is 636 g/mol. The molecule has 9 rings (SSSR count). The highest BCUT2D eigenvalue weighted by Gasteiger charge is 2.20. The van der Waals surface area contributed by atoms with E-state index in [1.165, 1.54) is 10.8 Å². The van der Waals surface area contributed by atoms with Gasteiger partial charge in [0.05, 0.1) is 45.5 Å². The number of rotatable bonds is 4. The van der Waals surface area contributed by atoms with Crippen molar-refractivity contribution in [1.82, 2.24) is 9.13 Å². The van der Waals surface area contributed by atoms with Crippen LogP contribution in [0.2, 0.25) is 0 Å². The van der Waals surface area contributed by atoms with Crippen molar-refractivity contribution in [2.45, 2.75) is 0 Å². The second kappa shape index (κ2) is 11.4. The van der Waals surface area contributed by atoms with Crippen LogP contribution in [0, 0.1) is 29.2 Å². The summed E-state index contributed by atoms with van der Waals surface area (Å²) in [4.78, 5) is 3.69. The Labute approximate surface area is 288 Å². The van der Waals surface area contributed by atoms with E-state index in [1.54, 1.807) is 0 Å². The summed E-state index contributed by atoms with van der Waals surface area (Å²) in [5.41, 5.74) is 11.1. The minimum atomic E-state index is 0.326. The highest BCUT2D eigenvalue weighted by atomic mass is 15.0. The molecule has 230 valence electrons. The van der Waals surface area contributed by atoms with Gasteiger partial charge in [0.2, 0.25) is 0 Å². The van der Waals surface area contributed by atoms with Gasteiger partial charge in [-0.3, -0.25) is 0 Å². The van der Waals surface area contributed by atoms with Crippen LogP contribution < -0.4 is 0 Å². The Kier molecular flexibility index (Phi) is 6.56. The Morgan fingerprint density at radius 1 is 0.460 bits per heavy atom. The van der Waals surface area contributed by atoms with Gasteiger partial charge in [0, 0.05) is 27.4 Å². The largest absolute Gasteiger partial charge is 0.309 e. The van der Waals surface area contributed by atoms with E-state index in [4.69, 9.17) is 6.57 Å². The van der Waals surface area contributed by atoms with Gasteiger partial charge in [-0.1, -0.05) is 91.0 Å². The Balaban J connectivity index is 1.27. The Hall–Kier alpha value is -7.39. The van der Waals surface area contributed by atoms with Crippen molar-refractivity contribution in [2.24, 2.45) is 0 Å². The molecule has 5 nitrogen and oxygen atoms in total. The molecule has 5 heteroatoms. The molecular formula is C45H25N5. The van der Waals surface area contributed by atoms with Crippen molar-refractivity contribution in [3.05, 3.63) is 174 Å². The third-order valence-corrected chi connectivity index (χ3v) is 9.64. The van der Waals surface area contributed by atoms with E-state index in [0.29, 0.717) is 16.8 Å². The summed E-state index contributed by atoms with van der Waals surface area (Å²) in [6, 6.07) is 55.7. The summed E-state index contributed by atoms with van der Waals surface area (Å²) in [7, 11) is 0. The van der Waals surface area contributed by atoms with Crippen LogP contribution in [0.4, 0.5) is 5.69 Å². The maximum absolute atomic E-state index is 10.1. The first-order valence-electron chi connectivity index (χ1n) is 16.3. The molecule has 0 bridgehead atoms. The topological polar surface area (TPSA) is 61.8 Å². The molecule has 0 saturated heterocycles. The van der Waals surface area contributed by atoms with E-state index in [-0.39, 0.29) is 0 Å². The number of nitrogens with zero attached hydrogens (tertiary/aromatic N) is 5. The first-order valence-corrected chi connectivity index (χ1v) is 16.3. The first-order chi connectivity index (χ1) is 24.7. The van der Waals surface area contributed by atoms with Crippen molar-refractivity contribution in [3.63, 3.8) is 0 Å². The fourth-order valence-electron chi connectivity index (χ4n) is 7.42. The number of para-hydroxylation sites is 4. The summed E-state index contributed by atoms with van der Waals surface area (Å²) in [6.45, 7) is 7.61. The number of nitriles is 2. The molecule has 0 spiro atoms. The van der Waals surface area contributed by atoms with Gasteiger partial charge in [0.25, 0.3) is 0 Å². The molecule has 0 fully saturated rings. The summed E-state index contributed by atoms with van der Waals surface area (Å²) in [5.74, 6) is 0. The summed E-state index contributed by atoms with van der Waals surface area (Å²) < 4.78 is 4.51. The number of aromatic nitrogens is 2. The molecule has 0 aliphatic rings. The van der Waals surface area contributed by atoms with E-state index in [2.05, 4.69) is 123 Å². The van der Waals surface area contributed by atoms with Gasteiger partial charge in [-0.2, -0.15) is 10.5 Å². The quantitative estimate of drug-likeness (QED) is 0.181. The average Bonchev–Trinajstić information content (AvgIpc) is 3.70. The zero-order chi connectivity index (χ0) is 33.8. The van der Waals surface area contributed by atoms with Crippen molar-refractivity contribution in [3.8, 4) is 45.8 Å². The molecule has 9 aromatic rings. The highest BCUT2D eigenvalue weighted by Crippen LogP contribution is 2.42. The molecule has 0 saturated carbocycles. The van der Waals surface area contributed by atoms with Crippen molar-refractivity contribution in [1.29, 1.82) is 10.5 Å². The highest BCUT2D eigenvalue weighted by molar-refractivity contribution is 6.11. The molecule has 7 aromatic carbocycles. The van der Waals surface area contributed by atoms with Crippen molar-refractivity contribution in [2.75, 3.05) is 0 Å². The maximum Gasteiger partial charge on any atom is 0.188 e. The molecule has 0 unspecified atom stereocenters. The maximum atomic E-state index is 10.1. The number of hydrogen-bond acceptors (Lipinski definition) is 2. The number of hydrogen-bond donors (Lipinski definition) is 0. The van der Waals surface area contributed by atoms with E-state index < -0.39 is 0 Å². The lowest BCUT2D eigenvalue weighted by atomic mass is 9.89. The summed E-state index contributed by atoms with van der Waals surface area (Å²) >= 11 is 0. The molecule has 0 radical (unpaired) electrons. The van der Waals surface area contributed by atoms with Crippen LogP contribution in [0.3, 0.4) is 0 Å². The third kappa shape index (κ3) is 4.31. The number of benzene rings is 7. The molecule has 50 heavy (non-hydrogen) atoms. The number of fused-ring (bicyclic) bond motifs is 6. The van der Waals surface area contributed by atoms with Crippen LogP contribution in [-0.2, 0) is 0 Å². The van der Waals surface area contributed by atoms with Crippen LogP contribution >= 0.6 is 0 Å². The zero-order valence-corrected chi connectivity index (χ0v) is 26.7. The zero-order valence-electron chi connectivity index (χ0n) is 26.7. The standard InChI is InChI=1S/C45H25N5/c1-48-32-20-23-45-40(26-32)37-13-5-9-17-44(37)50(45)43-16-8-4-12-36(43)39-25-31(28-47)30(27-46)24-38(39)29-18-21-33(22-19-29)49-41-14-6-2-10-34(41)35-11-3-7-15-42(35)49/h2-26H. The normalized spacial score (nSPS) is 11.1. The molecule has 0 amide bonds. The molecule has 2 heterocycles. The Morgan fingerprint density at radius 3 is 1.60 bits per heavy atom. The predicted molar refractivity (Wildman–Crippen MR) is 202 cm³/mol. The minimum Gasteiger partial charge on any atom is -0.309 e. The molecule has 2 aromatic heterocycles. The molecular weight excluding hydrogens is 611 g/mol. The van der Waals surface area contributed by atoms with Gasteiger partial charge in [0.15, 0.2) is 5.69 Å². The van der Waals surface area contributed by atoms with Crippen molar-refractivity contribution >= 4 is 49.3 Å². The van der Waals surface area contributed by atoms with Crippen molar-refractivity contribution < 1.29 is 0 Å². The lowest BCUT2D eigenvalue weighted by Gasteiger charge is -2.18. The Morgan fingerprint density at radius 2 is 0.980 bits per heavy atom. The lowest BCUT2D eigenvalue weighted by Crippen LogP contribution is -1.99. The van der Waals surface area contributed by atoms with Crippen LogP contribution in [0.1, 0.15) is 11.1 Å². The fraction of sp³-hybridized carbons (Fsp3) is 0. The Bertz CT molecular complexity index is 2900. The predicted octanol–water partition coefficient (Wildman–Crippen LogP) is 11.5. The SMILES string of the molecule is [C-]#[N+]c1ccc2c(c1)c1ccccc1n2-c1ccccc1-c1cc(C#N)c(C#N)cc1-c1ccc(-n2c3ccccc3c3ccccc32)cc1. The van der Waals surface area contributed by atoms with Crippen LogP contribution in [0.25, 0.3) is 82.1 Å². The molecule has 0 aliphatic carbocycles. The summed E-state index contributed by atoms with van der Waals surface area (Å²) in [6.07, 6.45) is 0. The van der Waals surface area contributed by atoms with Gasteiger partial charge >= 0.3 is 0 Å². The summed E-state index contributed by atoms with van der Waals surface area (Å²) in [5, 5.41) is 24.7.